The lowest BCUT2D eigenvalue weighted by molar-refractivity contribution is 0.0950. The Balaban J connectivity index is 1.97. The maximum atomic E-state index is 11.5. The molecule has 2 unspecified atom stereocenters. The summed E-state index contributed by atoms with van der Waals surface area (Å²) in [6.07, 6.45) is 1.13. The molecule has 2 nitrogen and oxygen atoms in total. The minimum absolute atomic E-state index is 0.0821. The first-order chi connectivity index (χ1) is 6.16. The highest BCUT2D eigenvalue weighted by Crippen LogP contribution is 2.29. The summed E-state index contributed by atoms with van der Waals surface area (Å²) in [4.78, 5) is 12.7. The first-order valence-corrected chi connectivity index (χ1v) is 5.41. The van der Waals surface area contributed by atoms with Gasteiger partial charge in [-0.1, -0.05) is 6.92 Å². The summed E-state index contributed by atoms with van der Waals surface area (Å²) in [5.41, 5.74) is 0.807. The third kappa shape index (κ3) is 1.91. The molecule has 0 saturated heterocycles. The molecule has 0 bridgehead atoms. The first-order valence-electron chi connectivity index (χ1n) is 4.53. The summed E-state index contributed by atoms with van der Waals surface area (Å²) < 4.78 is 0. The number of amides is 1. The molecule has 0 spiro atoms. The number of hydrogen-bond donors (Lipinski definition) is 1. The molecule has 1 aliphatic carbocycles. The van der Waals surface area contributed by atoms with E-state index in [1.165, 1.54) is 4.88 Å². The number of aryl methyl sites for hydroxylation is 1. The Kier molecular flexibility index (Phi) is 2.12. The van der Waals surface area contributed by atoms with Crippen molar-refractivity contribution in [2.75, 3.05) is 0 Å². The summed E-state index contributed by atoms with van der Waals surface area (Å²) in [7, 11) is 0. The van der Waals surface area contributed by atoms with Crippen molar-refractivity contribution in [3.63, 3.8) is 0 Å². The second kappa shape index (κ2) is 3.14. The zero-order valence-corrected chi connectivity index (χ0v) is 8.65. The summed E-state index contributed by atoms with van der Waals surface area (Å²) in [6.45, 7) is 4.17. The van der Waals surface area contributed by atoms with E-state index >= 15 is 0 Å². The van der Waals surface area contributed by atoms with Gasteiger partial charge in [-0.25, -0.2) is 0 Å². The zero-order chi connectivity index (χ0) is 9.42. The number of hydrogen-bond acceptors (Lipinski definition) is 2. The smallest absolute Gasteiger partial charge is 0.252 e. The van der Waals surface area contributed by atoms with Gasteiger partial charge in [0.1, 0.15) is 0 Å². The Labute approximate surface area is 82.0 Å². The summed E-state index contributed by atoms with van der Waals surface area (Å²) in [5, 5.41) is 4.92. The average Bonchev–Trinajstić information content (AvgIpc) is 2.62. The summed E-state index contributed by atoms with van der Waals surface area (Å²) in [5.74, 6) is 0.752. The summed E-state index contributed by atoms with van der Waals surface area (Å²) >= 11 is 1.62. The Bertz CT molecular complexity index is 331. The van der Waals surface area contributed by atoms with Crippen molar-refractivity contribution in [2.45, 2.75) is 26.3 Å². The maximum Gasteiger partial charge on any atom is 0.252 e. The summed E-state index contributed by atoms with van der Waals surface area (Å²) in [6, 6.07) is 2.36. The molecule has 13 heavy (non-hydrogen) atoms. The first kappa shape index (κ1) is 8.75. The number of thiophene rings is 1. The van der Waals surface area contributed by atoms with Crippen LogP contribution in [0.25, 0.3) is 0 Å². The molecule has 1 aliphatic rings. The largest absolute Gasteiger partial charge is 0.349 e. The zero-order valence-electron chi connectivity index (χ0n) is 7.83. The van der Waals surface area contributed by atoms with Gasteiger partial charge in [-0.05, 0) is 25.3 Å². The number of carbonyl (C=O) groups is 1. The van der Waals surface area contributed by atoms with Gasteiger partial charge >= 0.3 is 0 Å². The topological polar surface area (TPSA) is 29.1 Å². The van der Waals surface area contributed by atoms with Gasteiger partial charge in [-0.3, -0.25) is 4.79 Å². The standard InChI is InChI=1S/C10H13NOS/c1-6-3-9(6)11-10(12)8-4-7(2)13-5-8/h4-6,9H,3H2,1-2H3,(H,11,12). The molecule has 3 heteroatoms. The molecule has 1 aromatic rings. The van der Waals surface area contributed by atoms with Crippen LogP contribution >= 0.6 is 11.3 Å². The van der Waals surface area contributed by atoms with Gasteiger partial charge < -0.3 is 5.32 Å². The molecule has 2 atom stereocenters. The van der Waals surface area contributed by atoms with Crippen LogP contribution in [0.2, 0.25) is 0 Å². The van der Waals surface area contributed by atoms with Crippen LogP contribution < -0.4 is 5.32 Å². The maximum absolute atomic E-state index is 11.5. The Hall–Kier alpha value is -0.830. The van der Waals surface area contributed by atoms with E-state index in [-0.39, 0.29) is 5.91 Å². The molecular weight excluding hydrogens is 182 g/mol. The highest BCUT2D eigenvalue weighted by atomic mass is 32.1. The van der Waals surface area contributed by atoms with Gasteiger partial charge in [0, 0.05) is 16.3 Å². The lowest BCUT2D eigenvalue weighted by Gasteiger charge is -2.00. The van der Waals surface area contributed by atoms with Crippen LogP contribution in [0.5, 0.6) is 0 Å². The number of rotatable bonds is 2. The molecule has 1 heterocycles. The molecule has 70 valence electrons. The van der Waals surface area contributed by atoms with Crippen molar-refractivity contribution in [2.24, 2.45) is 5.92 Å². The van der Waals surface area contributed by atoms with Gasteiger partial charge in [-0.2, -0.15) is 0 Å². The van der Waals surface area contributed by atoms with Crippen molar-refractivity contribution < 1.29 is 4.79 Å². The fraction of sp³-hybridized carbons (Fsp3) is 0.500. The van der Waals surface area contributed by atoms with E-state index in [1.807, 2.05) is 18.4 Å². The molecule has 1 fully saturated rings. The van der Waals surface area contributed by atoms with Gasteiger partial charge in [-0.15, -0.1) is 11.3 Å². The second-order valence-electron chi connectivity index (χ2n) is 3.74. The van der Waals surface area contributed by atoms with Crippen molar-refractivity contribution in [3.8, 4) is 0 Å². The predicted octanol–water partition coefficient (Wildman–Crippen LogP) is 2.19. The lowest BCUT2D eigenvalue weighted by atomic mass is 10.3. The van der Waals surface area contributed by atoms with Crippen molar-refractivity contribution in [1.82, 2.24) is 5.32 Å². The third-order valence-electron chi connectivity index (χ3n) is 2.42. The molecule has 1 N–H and O–H groups in total. The van der Waals surface area contributed by atoms with Crippen LogP contribution in [-0.2, 0) is 0 Å². The van der Waals surface area contributed by atoms with E-state index in [4.69, 9.17) is 0 Å². The van der Waals surface area contributed by atoms with E-state index in [0.717, 1.165) is 12.0 Å². The SMILES string of the molecule is Cc1cc(C(=O)NC2CC2C)cs1. The molecule has 1 saturated carbocycles. The van der Waals surface area contributed by atoms with Crippen LogP contribution in [0.1, 0.15) is 28.6 Å². The lowest BCUT2D eigenvalue weighted by Crippen LogP contribution is -2.25. The minimum Gasteiger partial charge on any atom is -0.349 e. The third-order valence-corrected chi connectivity index (χ3v) is 3.28. The van der Waals surface area contributed by atoms with Crippen molar-refractivity contribution in [3.05, 3.63) is 21.9 Å². The Morgan fingerprint density at radius 3 is 2.85 bits per heavy atom. The van der Waals surface area contributed by atoms with E-state index in [9.17, 15) is 4.79 Å². The van der Waals surface area contributed by atoms with Crippen LogP contribution in [0, 0.1) is 12.8 Å². The van der Waals surface area contributed by atoms with Crippen molar-refractivity contribution in [1.29, 1.82) is 0 Å². The van der Waals surface area contributed by atoms with Crippen LogP contribution in [0.3, 0.4) is 0 Å². The molecule has 2 rings (SSSR count). The van der Waals surface area contributed by atoms with Gasteiger partial charge in [0.15, 0.2) is 0 Å². The normalized spacial score (nSPS) is 25.7. The quantitative estimate of drug-likeness (QED) is 0.770. The Morgan fingerprint density at radius 2 is 2.38 bits per heavy atom. The molecular formula is C10H13NOS. The fourth-order valence-corrected chi connectivity index (χ4v) is 2.02. The molecule has 1 amide bonds. The minimum atomic E-state index is 0.0821. The molecule has 0 radical (unpaired) electrons. The highest BCUT2D eigenvalue weighted by molar-refractivity contribution is 7.10. The molecule has 1 aromatic heterocycles. The van der Waals surface area contributed by atoms with Gasteiger partial charge in [0.05, 0.1) is 5.56 Å². The van der Waals surface area contributed by atoms with E-state index in [1.54, 1.807) is 11.3 Å². The fourth-order valence-electron chi connectivity index (χ4n) is 1.34. The number of nitrogens with one attached hydrogen (secondary N) is 1. The van der Waals surface area contributed by atoms with E-state index in [0.29, 0.717) is 12.0 Å². The molecule has 0 aromatic carbocycles. The highest BCUT2D eigenvalue weighted by Gasteiger charge is 2.33. The second-order valence-corrected chi connectivity index (χ2v) is 4.85. The van der Waals surface area contributed by atoms with Crippen LogP contribution in [0.15, 0.2) is 11.4 Å². The van der Waals surface area contributed by atoms with E-state index < -0.39 is 0 Å². The van der Waals surface area contributed by atoms with Gasteiger partial charge in [0.25, 0.3) is 5.91 Å². The number of carbonyl (C=O) groups excluding carboxylic acids is 1. The van der Waals surface area contributed by atoms with Crippen LogP contribution in [-0.4, -0.2) is 11.9 Å². The predicted molar refractivity (Wildman–Crippen MR) is 54.1 cm³/mol. The average molecular weight is 195 g/mol. The van der Waals surface area contributed by atoms with Gasteiger partial charge in [0.2, 0.25) is 0 Å². The molecule has 0 aliphatic heterocycles. The Morgan fingerprint density at radius 1 is 1.69 bits per heavy atom. The monoisotopic (exact) mass is 195 g/mol. The van der Waals surface area contributed by atoms with Crippen LogP contribution in [0.4, 0.5) is 0 Å². The van der Waals surface area contributed by atoms with E-state index in [2.05, 4.69) is 12.2 Å². The van der Waals surface area contributed by atoms with Crippen molar-refractivity contribution >= 4 is 17.2 Å².